The van der Waals surface area contributed by atoms with Gasteiger partial charge in [0.1, 0.15) is 6.54 Å². The molecular formula is C9H14N2O2S. The maximum atomic E-state index is 11.1. The molecular weight excluding hydrogens is 200 g/mol. The van der Waals surface area contributed by atoms with Crippen LogP contribution in [-0.4, -0.2) is 35.5 Å². The first-order chi connectivity index (χ1) is 6.72. The van der Waals surface area contributed by atoms with E-state index < -0.39 is 0 Å². The van der Waals surface area contributed by atoms with Crippen molar-refractivity contribution in [2.24, 2.45) is 0 Å². The molecule has 0 saturated heterocycles. The van der Waals surface area contributed by atoms with E-state index >= 15 is 0 Å². The summed E-state index contributed by atoms with van der Waals surface area (Å²) in [6.07, 6.45) is 3.73. The quantitative estimate of drug-likeness (QED) is 0.596. The van der Waals surface area contributed by atoms with E-state index in [2.05, 4.69) is 4.98 Å². The minimum atomic E-state index is -0.196. The summed E-state index contributed by atoms with van der Waals surface area (Å²) in [5.41, 5.74) is 0. The Kier molecular flexibility index (Phi) is 4.55. The van der Waals surface area contributed by atoms with Crippen molar-refractivity contribution in [2.75, 3.05) is 20.2 Å². The van der Waals surface area contributed by atoms with E-state index in [0.29, 0.717) is 13.2 Å². The second-order valence-electron chi connectivity index (χ2n) is 2.73. The lowest BCUT2D eigenvalue weighted by Crippen LogP contribution is -2.21. The van der Waals surface area contributed by atoms with Crippen LogP contribution < -0.4 is 0 Å². The highest BCUT2D eigenvalue weighted by atomic mass is 32.2. The zero-order valence-corrected chi connectivity index (χ0v) is 9.13. The second-order valence-corrected chi connectivity index (χ2v) is 4.01. The van der Waals surface area contributed by atoms with Gasteiger partial charge in [-0.1, -0.05) is 0 Å². The van der Waals surface area contributed by atoms with E-state index in [1.807, 2.05) is 29.8 Å². The molecule has 0 aliphatic heterocycles. The van der Waals surface area contributed by atoms with Crippen LogP contribution in [0.25, 0.3) is 0 Å². The fourth-order valence-electron chi connectivity index (χ4n) is 0.966. The van der Waals surface area contributed by atoms with Gasteiger partial charge in [-0.05, 0) is 32.0 Å². The summed E-state index contributed by atoms with van der Waals surface area (Å²) < 4.78 is 6.66. The van der Waals surface area contributed by atoms with Gasteiger partial charge in [0.2, 0.25) is 0 Å². The SMILES string of the molecule is CCOC(=O)CN(C)Sc1cc[nH]c1. The largest absolute Gasteiger partial charge is 0.465 e. The fourth-order valence-corrected chi connectivity index (χ4v) is 1.75. The molecule has 4 nitrogen and oxygen atoms in total. The highest BCUT2D eigenvalue weighted by Crippen LogP contribution is 2.19. The van der Waals surface area contributed by atoms with Crippen LogP contribution in [0.1, 0.15) is 6.92 Å². The molecule has 0 radical (unpaired) electrons. The van der Waals surface area contributed by atoms with Crippen molar-refractivity contribution in [3.8, 4) is 0 Å². The van der Waals surface area contributed by atoms with Crippen LogP contribution in [-0.2, 0) is 9.53 Å². The third-order valence-corrected chi connectivity index (χ3v) is 2.39. The van der Waals surface area contributed by atoms with Crippen LogP contribution in [0.3, 0.4) is 0 Å². The van der Waals surface area contributed by atoms with Gasteiger partial charge in [-0.3, -0.25) is 4.79 Å². The van der Waals surface area contributed by atoms with Crippen LogP contribution in [0.5, 0.6) is 0 Å². The molecule has 0 atom stereocenters. The number of carbonyl (C=O) groups excluding carboxylic acids is 1. The fraction of sp³-hybridized carbons (Fsp3) is 0.444. The summed E-state index contributed by atoms with van der Waals surface area (Å²) in [6, 6.07) is 1.95. The predicted molar refractivity (Wildman–Crippen MR) is 55.9 cm³/mol. The molecule has 0 aromatic carbocycles. The number of aromatic amines is 1. The number of nitrogens with zero attached hydrogens (tertiary/aromatic N) is 1. The Balaban J connectivity index is 2.29. The third kappa shape index (κ3) is 3.85. The molecule has 0 bridgehead atoms. The van der Waals surface area contributed by atoms with Crippen molar-refractivity contribution >= 4 is 17.9 Å². The average Bonchev–Trinajstić information content (AvgIpc) is 2.56. The lowest BCUT2D eigenvalue weighted by atomic mass is 10.6. The summed E-state index contributed by atoms with van der Waals surface area (Å²) in [5.74, 6) is -0.196. The number of rotatable bonds is 5. The van der Waals surface area contributed by atoms with Gasteiger partial charge in [0.15, 0.2) is 0 Å². The number of aromatic nitrogens is 1. The van der Waals surface area contributed by atoms with E-state index in [4.69, 9.17) is 4.74 Å². The molecule has 5 heteroatoms. The van der Waals surface area contributed by atoms with Gasteiger partial charge < -0.3 is 9.72 Å². The lowest BCUT2D eigenvalue weighted by molar-refractivity contribution is -0.142. The first kappa shape index (κ1) is 11.1. The Morgan fingerprint density at radius 3 is 3.07 bits per heavy atom. The molecule has 0 spiro atoms. The Labute approximate surface area is 87.8 Å². The Morgan fingerprint density at radius 2 is 2.50 bits per heavy atom. The van der Waals surface area contributed by atoms with Gasteiger partial charge in [-0.15, -0.1) is 0 Å². The topological polar surface area (TPSA) is 45.3 Å². The molecule has 0 aliphatic carbocycles. The maximum absolute atomic E-state index is 11.1. The Bertz CT molecular complexity index is 274. The summed E-state index contributed by atoms with van der Waals surface area (Å²) in [7, 11) is 1.86. The number of esters is 1. The second kappa shape index (κ2) is 5.72. The average molecular weight is 214 g/mol. The zero-order valence-electron chi connectivity index (χ0n) is 8.32. The van der Waals surface area contributed by atoms with Gasteiger partial charge in [0.25, 0.3) is 0 Å². The predicted octanol–water partition coefficient (Wildman–Crippen LogP) is 1.52. The molecule has 78 valence electrons. The number of carbonyl (C=O) groups is 1. The van der Waals surface area contributed by atoms with Gasteiger partial charge in [0, 0.05) is 17.3 Å². The van der Waals surface area contributed by atoms with Crippen LogP contribution in [0.15, 0.2) is 23.4 Å². The molecule has 0 fully saturated rings. The van der Waals surface area contributed by atoms with E-state index in [1.54, 1.807) is 6.92 Å². The smallest absolute Gasteiger partial charge is 0.321 e. The monoisotopic (exact) mass is 214 g/mol. The molecule has 1 aromatic rings. The van der Waals surface area contributed by atoms with E-state index in [9.17, 15) is 4.79 Å². The minimum Gasteiger partial charge on any atom is -0.465 e. The van der Waals surface area contributed by atoms with Crippen molar-refractivity contribution in [3.05, 3.63) is 18.5 Å². The molecule has 14 heavy (non-hydrogen) atoms. The molecule has 1 aromatic heterocycles. The summed E-state index contributed by atoms with van der Waals surface area (Å²) in [5, 5.41) is 0. The van der Waals surface area contributed by atoms with Gasteiger partial charge in [-0.25, -0.2) is 4.31 Å². The highest BCUT2D eigenvalue weighted by Gasteiger charge is 2.08. The highest BCUT2D eigenvalue weighted by molar-refractivity contribution is 7.97. The first-order valence-corrected chi connectivity index (χ1v) is 5.17. The Hall–Kier alpha value is -0.940. The van der Waals surface area contributed by atoms with Gasteiger partial charge in [-0.2, -0.15) is 0 Å². The zero-order chi connectivity index (χ0) is 10.4. The van der Waals surface area contributed by atoms with Crippen LogP contribution in [0, 0.1) is 0 Å². The van der Waals surface area contributed by atoms with Crippen LogP contribution in [0.2, 0.25) is 0 Å². The van der Waals surface area contributed by atoms with Crippen LogP contribution in [0.4, 0.5) is 0 Å². The number of likely N-dealkylation sites (N-methyl/N-ethyl adjacent to an activating group) is 1. The van der Waals surface area contributed by atoms with Crippen molar-refractivity contribution in [1.29, 1.82) is 0 Å². The van der Waals surface area contributed by atoms with E-state index in [0.717, 1.165) is 4.90 Å². The number of ether oxygens (including phenoxy) is 1. The molecule has 0 unspecified atom stereocenters. The lowest BCUT2D eigenvalue weighted by Gasteiger charge is -2.12. The van der Waals surface area contributed by atoms with Gasteiger partial charge >= 0.3 is 5.97 Å². The third-order valence-electron chi connectivity index (χ3n) is 1.49. The number of H-pyrrole nitrogens is 1. The summed E-state index contributed by atoms with van der Waals surface area (Å²) in [6.45, 7) is 2.53. The number of nitrogens with one attached hydrogen (secondary N) is 1. The minimum absolute atomic E-state index is 0.196. The molecule has 1 heterocycles. The van der Waals surface area contributed by atoms with Crippen LogP contribution >= 0.6 is 11.9 Å². The van der Waals surface area contributed by atoms with E-state index in [1.165, 1.54) is 11.9 Å². The summed E-state index contributed by atoms with van der Waals surface area (Å²) >= 11 is 1.51. The number of hydrogen-bond acceptors (Lipinski definition) is 4. The standard InChI is InChI=1S/C9H14N2O2S/c1-3-13-9(12)7-11(2)14-8-4-5-10-6-8/h4-6,10H,3,7H2,1-2H3. The molecule has 0 aliphatic rings. The molecule has 1 rings (SSSR count). The normalized spacial score (nSPS) is 10.5. The maximum Gasteiger partial charge on any atom is 0.321 e. The first-order valence-electron chi connectivity index (χ1n) is 4.40. The molecule has 0 amide bonds. The van der Waals surface area contributed by atoms with Crippen molar-refractivity contribution < 1.29 is 9.53 Å². The van der Waals surface area contributed by atoms with Gasteiger partial charge in [0.05, 0.1) is 6.61 Å². The Morgan fingerprint density at radius 1 is 1.71 bits per heavy atom. The summed E-state index contributed by atoms with van der Waals surface area (Å²) in [4.78, 5) is 15.1. The van der Waals surface area contributed by atoms with Crippen molar-refractivity contribution in [3.63, 3.8) is 0 Å². The van der Waals surface area contributed by atoms with Crippen molar-refractivity contribution in [1.82, 2.24) is 9.29 Å². The van der Waals surface area contributed by atoms with Crippen molar-refractivity contribution in [2.45, 2.75) is 11.8 Å². The molecule has 1 N–H and O–H groups in total. The molecule has 0 saturated carbocycles. The number of hydrogen-bond donors (Lipinski definition) is 1. The van der Waals surface area contributed by atoms with E-state index in [-0.39, 0.29) is 5.97 Å².